The molecule has 0 aliphatic carbocycles. The third-order valence-corrected chi connectivity index (χ3v) is 2.63. The molecule has 0 bridgehead atoms. The van der Waals surface area contributed by atoms with Crippen LogP contribution in [0.4, 0.5) is 0 Å². The van der Waals surface area contributed by atoms with E-state index in [1.54, 1.807) is 18.2 Å². The average molecular weight is 257 g/mol. The minimum Gasteiger partial charge on any atom is -0.465 e. The van der Waals surface area contributed by atoms with Crippen molar-refractivity contribution in [1.29, 1.82) is 0 Å². The van der Waals surface area contributed by atoms with Gasteiger partial charge in [0.15, 0.2) is 10.3 Å². The van der Waals surface area contributed by atoms with Crippen LogP contribution in [-0.2, 0) is 4.74 Å². The summed E-state index contributed by atoms with van der Waals surface area (Å²) in [5.41, 5.74) is 1.46. The average Bonchev–Trinajstić information content (AvgIpc) is 2.29. The van der Waals surface area contributed by atoms with Crippen molar-refractivity contribution in [2.75, 3.05) is 7.11 Å². The third kappa shape index (κ3) is 1.94. The second-order valence-electron chi connectivity index (χ2n) is 3.00. The highest BCUT2D eigenvalue weighted by Gasteiger charge is 2.09. The van der Waals surface area contributed by atoms with Crippen molar-refractivity contribution in [2.45, 2.75) is 0 Å². The van der Waals surface area contributed by atoms with E-state index in [0.29, 0.717) is 16.6 Å². The molecule has 6 heteroatoms. The number of carbonyl (C=O) groups excluding carboxylic acids is 1. The highest BCUT2D eigenvalue weighted by atomic mass is 35.5. The van der Waals surface area contributed by atoms with Crippen LogP contribution in [0.1, 0.15) is 10.4 Å². The van der Waals surface area contributed by atoms with E-state index < -0.39 is 5.97 Å². The predicted octanol–water partition coefficient (Wildman–Crippen LogP) is 2.72. The Bertz CT molecular complexity index is 572. The van der Waals surface area contributed by atoms with Gasteiger partial charge in [-0.15, -0.1) is 0 Å². The number of methoxy groups -OCH3 is 1. The lowest BCUT2D eigenvalue weighted by atomic mass is 10.2. The number of benzene rings is 1. The molecule has 2 aromatic rings. The zero-order chi connectivity index (χ0) is 11.7. The largest absolute Gasteiger partial charge is 0.465 e. The molecule has 0 radical (unpaired) electrons. The standard InChI is InChI=1S/C10H6Cl2N2O2/c1-16-10(15)5-2-3-6-7(4-5)14-9(12)8(11)13-6/h2-4H,1H3. The maximum absolute atomic E-state index is 11.3. The molecule has 1 aromatic carbocycles. The molecule has 0 saturated carbocycles. The topological polar surface area (TPSA) is 52.1 Å². The van der Waals surface area contributed by atoms with Gasteiger partial charge >= 0.3 is 5.97 Å². The van der Waals surface area contributed by atoms with Gasteiger partial charge in [0.05, 0.1) is 23.7 Å². The molecular weight excluding hydrogens is 251 g/mol. The summed E-state index contributed by atoms with van der Waals surface area (Å²) in [6.45, 7) is 0. The lowest BCUT2D eigenvalue weighted by Gasteiger charge is -2.02. The van der Waals surface area contributed by atoms with Crippen LogP contribution in [0.2, 0.25) is 10.3 Å². The molecule has 0 saturated heterocycles. The first-order valence-corrected chi connectivity index (χ1v) is 5.08. The van der Waals surface area contributed by atoms with Gasteiger partial charge in [0.1, 0.15) is 0 Å². The molecule has 16 heavy (non-hydrogen) atoms. The molecule has 0 aliphatic heterocycles. The number of aromatic nitrogens is 2. The molecule has 0 unspecified atom stereocenters. The SMILES string of the molecule is COC(=O)c1ccc2nc(Cl)c(Cl)nc2c1. The van der Waals surface area contributed by atoms with Crippen molar-refractivity contribution in [3.05, 3.63) is 34.1 Å². The van der Waals surface area contributed by atoms with Gasteiger partial charge in [-0.1, -0.05) is 23.2 Å². The summed E-state index contributed by atoms with van der Waals surface area (Å²) in [6.07, 6.45) is 0. The quantitative estimate of drug-likeness (QED) is 0.737. The van der Waals surface area contributed by atoms with Gasteiger partial charge < -0.3 is 4.74 Å². The summed E-state index contributed by atoms with van der Waals surface area (Å²) in [5, 5.41) is 0.246. The van der Waals surface area contributed by atoms with Crippen LogP contribution < -0.4 is 0 Å². The van der Waals surface area contributed by atoms with Crippen LogP contribution in [0.15, 0.2) is 18.2 Å². The Balaban J connectivity index is 2.62. The summed E-state index contributed by atoms with van der Waals surface area (Å²) in [7, 11) is 1.31. The fourth-order valence-electron chi connectivity index (χ4n) is 1.26. The van der Waals surface area contributed by atoms with Gasteiger partial charge in [0, 0.05) is 0 Å². The molecule has 1 heterocycles. The fraction of sp³-hybridized carbons (Fsp3) is 0.100. The van der Waals surface area contributed by atoms with E-state index in [4.69, 9.17) is 23.2 Å². The zero-order valence-electron chi connectivity index (χ0n) is 8.20. The third-order valence-electron chi connectivity index (χ3n) is 2.00. The van der Waals surface area contributed by atoms with Crippen LogP contribution in [0.3, 0.4) is 0 Å². The second-order valence-corrected chi connectivity index (χ2v) is 3.72. The van der Waals surface area contributed by atoms with Crippen molar-refractivity contribution in [3.63, 3.8) is 0 Å². The Morgan fingerprint density at radius 2 is 1.81 bits per heavy atom. The normalized spacial score (nSPS) is 10.4. The molecule has 2 rings (SSSR count). The number of rotatable bonds is 1. The molecule has 0 atom stereocenters. The predicted molar refractivity (Wildman–Crippen MR) is 60.9 cm³/mol. The second kappa shape index (κ2) is 4.23. The van der Waals surface area contributed by atoms with Crippen LogP contribution >= 0.6 is 23.2 Å². The van der Waals surface area contributed by atoms with E-state index in [-0.39, 0.29) is 10.3 Å². The van der Waals surface area contributed by atoms with Crippen LogP contribution in [0.25, 0.3) is 11.0 Å². The number of ether oxygens (including phenoxy) is 1. The van der Waals surface area contributed by atoms with Crippen molar-refractivity contribution < 1.29 is 9.53 Å². The van der Waals surface area contributed by atoms with Crippen molar-refractivity contribution in [3.8, 4) is 0 Å². The van der Waals surface area contributed by atoms with Crippen LogP contribution in [-0.4, -0.2) is 23.0 Å². The van der Waals surface area contributed by atoms with E-state index >= 15 is 0 Å². The summed E-state index contributed by atoms with van der Waals surface area (Å²) >= 11 is 11.5. The lowest BCUT2D eigenvalue weighted by Crippen LogP contribution is -2.01. The zero-order valence-corrected chi connectivity index (χ0v) is 9.71. The van der Waals surface area contributed by atoms with E-state index in [9.17, 15) is 4.79 Å². The van der Waals surface area contributed by atoms with E-state index in [1.807, 2.05) is 0 Å². The maximum Gasteiger partial charge on any atom is 0.337 e. The van der Waals surface area contributed by atoms with Gasteiger partial charge in [-0.2, -0.15) is 0 Å². The smallest absolute Gasteiger partial charge is 0.337 e. The molecular formula is C10H6Cl2N2O2. The van der Waals surface area contributed by atoms with Crippen LogP contribution in [0.5, 0.6) is 0 Å². The van der Waals surface area contributed by atoms with Crippen molar-refractivity contribution >= 4 is 40.2 Å². The number of fused-ring (bicyclic) bond motifs is 1. The molecule has 82 valence electrons. The first kappa shape index (κ1) is 11.1. The summed E-state index contributed by atoms with van der Waals surface area (Å²) in [6, 6.07) is 4.78. The summed E-state index contributed by atoms with van der Waals surface area (Å²) in [5.74, 6) is -0.435. The summed E-state index contributed by atoms with van der Waals surface area (Å²) in [4.78, 5) is 19.3. The van der Waals surface area contributed by atoms with Gasteiger partial charge in [-0.25, -0.2) is 14.8 Å². The van der Waals surface area contributed by atoms with Crippen molar-refractivity contribution in [1.82, 2.24) is 9.97 Å². The van der Waals surface area contributed by atoms with Gasteiger partial charge in [0.25, 0.3) is 0 Å². The summed E-state index contributed by atoms with van der Waals surface area (Å²) < 4.78 is 4.59. The molecule has 0 spiro atoms. The Hall–Kier alpha value is -1.39. The van der Waals surface area contributed by atoms with E-state index in [2.05, 4.69) is 14.7 Å². The highest BCUT2D eigenvalue weighted by molar-refractivity contribution is 6.40. The minimum absolute atomic E-state index is 0.108. The molecule has 0 fully saturated rings. The van der Waals surface area contributed by atoms with Gasteiger partial charge in [-0.3, -0.25) is 0 Å². The minimum atomic E-state index is -0.435. The van der Waals surface area contributed by atoms with Gasteiger partial charge in [-0.05, 0) is 18.2 Å². The Morgan fingerprint density at radius 3 is 2.44 bits per heavy atom. The number of nitrogens with zero attached hydrogens (tertiary/aromatic N) is 2. The first-order chi connectivity index (χ1) is 7.61. The van der Waals surface area contributed by atoms with E-state index in [0.717, 1.165) is 0 Å². The highest BCUT2D eigenvalue weighted by Crippen LogP contribution is 2.21. The Labute approximate surface area is 101 Å². The molecule has 0 aliphatic rings. The lowest BCUT2D eigenvalue weighted by molar-refractivity contribution is 0.0601. The monoisotopic (exact) mass is 256 g/mol. The van der Waals surface area contributed by atoms with Crippen molar-refractivity contribution in [2.24, 2.45) is 0 Å². The molecule has 4 nitrogen and oxygen atoms in total. The number of esters is 1. The van der Waals surface area contributed by atoms with Crippen LogP contribution in [0, 0.1) is 0 Å². The fourth-order valence-corrected chi connectivity index (χ4v) is 1.52. The van der Waals surface area contributed by atoms with Gasteiger partial charge in [0.2, 0.25) is 0 Å². The maximum atomic E-state index is 11.3. The number of carbonyl (C=O) groups is 1. The first-order valence-electron chi connectivity index (χ1n) is 4.33. The molecule has 0 amide bonds. The molecule has 0 N–H and O–H groups in total. The number of halogens is 2. The molecule has 1 aromatic heterocycles. The Kier molecular flexibility index (Phi) is 2.94. The number of hydrogen-bond acceptors (Lipinski definition) is 4. The number of hydrogen-bond donors (Lipinski definition) is 0. The van der Waals surface area contributed by atoms with E-state index in [1.165, 1.54) is 7.11 Å². The Morgan fingerprint density at radius 1 is 1.19 bits per heavy atom.